The van der Waals surface area contributed by atoms with E-state index in [4.69, 9.17) is 15.6 Å². The van der Waals surface area contributed by atoms with Gasteiger partial charge in [-0.1, -0.05) is 44.9 Å². The Kier molecular flexibility index (Phi) is 13.4. The van der Waals surface area contributed by atoms with Crippen molar-refractivity contribution in [2.75, 3.05) is 63.5 Å². The maximum Gasteiger partial charge on any atom is 0.304 e. The molecule has 0 aliphatic carbocycles. The molecule has 0 radical (unpaired) electrons. The highest BCUT2D eigenvalue weighted by molar-refractivity contribution is 5.87. The third-order valence-corrected chi connectivity index (χ3v) is 8.51. The molecule has 1 aliphatic rings. The number of hydrogen-bond acceptors (Lipinski definition) is 9. The molecule has 47 heavy (non-hydrogen) atoms. The molecular weight excluding hydrogens is 600 g/mol. The van der Waals surface area contributed by atoms with Gasteiger partial charge in [0, 0.05) is 64.5 Å². The summed E-state index contributed by atoms with van der Waals surface area (Å²) in [7, 11) is 0. The van der Waals surface area contributed by atoms with Crippen LogP contribution in [0.5, 0.6) is 0 Å². The van der Waals surface area contributed by atoms with Gasteiger partial charge in [0.25, 0.3) is 0 Å². The fraction of sp³-hybridized carbons (Fsp3) is 0.559. The number of carbonyl (C=O) groups excluding carboxylic acids is 2. The first-order valence-electron chi connectivity index (χ1n) is 16.7. The summed E-state index contributed by atoms with van der Waals surface area (Å²) in [6, 6.07) is 8.63. The number of carboxylic acids is 1. The quantitative estimate of drug-likeness (QED) is 0.150. The zero-order chi connectivity index (χ0) is 33.8. The summed E-state index contributed by atoms with van der Waals surface area (Å²) in [5.74, 6) is -0.805. The lowest BCUT2D eigenvalue weighted by atomic mass is 10.0. The van der Waals surface area contributed by atoms with Crippen LogP contribution in [-0.2, 0) is 32.2 Å². The van der Waals surface area contributed by atoms with Crippen molar-refractivity contribution in [2.24, 2.45) is 5.92 Å². The molecule has 256 valence electrons. The summed E-state index contributed by atoms with van der Waals surface area (Å²) in [6.45, 7) is 12.1. The molecule has 1 atom stereocenters. The Morgan fingerprint density at radius 1 is 1.04 bits per heavy atom. The Hall–Kier alpha value is -4.23. The number of hydrogen-bond donors (Lipinski definition) is 4. The van der Waals surface area contributed by atoms with E-state index >= 15 is 0 Å². The van der Waals surface area contributed by atoms with Crippen LogP contribution in [0.1, 0.15) is 62.6 Å². The van der Waals surface area contributed by atoms with Gasteiger partial charge in [0.05, 0.1) is 31.6 Å². The zero-order valence-electron chi connectivity index (χ0n) is 28.0. The van der Waals surface area contributed by atoms with Crippen molar-refractivity contribution in [1.82, 2.24) is 29.7 Å². The van der Waals surface area contributed by atoms with E-state index in [-0.39, 0.29) is 50.4 Å². The molecular formula is C34H50N8O5. The van der Waals surface area contributed by atoms with Gasteiger partial charge in [-0.2, -0.15) is 4.98 Å². The Morgan fingerprint density at radius 2 is 1.83 bits per heavy atom. The van der Waals surface area contributed by atoms with Crippen molar-refractivity contribution in [1.29, 1.82) is 0 Å². The highest BCUT2D eigenvalue weighted by Gasteiger charge is 2.21. The van der Waals surface area contributed by atoms with Crippen molar-refractivity contribution in [3.05, 3.63) is 47.2 Å². The number of piperazine rings is 1. The number of ether oxygens (including phenoxy) is 1. The first-order chi connectivity index (χ1) is 22.6. The maximum absolute atomic E-state index is 12.7. The average Bonchev–Trinajstić information content (AvgIpc) is 3.44. The largest absolute Gasteiger partial charge is 0.481 e. The van der Waals surface area contributed by atoms with E-state index in [1.54, 1.807) is 6.92 Å². The number of aliphatic carboxylic acids is 1. The molecule has 3 heterocycles. The van der Waals surface area contributed by atoms with Crippen molar-refractivity contribution in [3.63, 3.8) is 0 Å². The third-order valence-electron chi connectivity index (χ3n) is 8.51. The second-order valence-electron chi connectivity index (χ2n) is 12.3. The number of aryl methyl sites for hydroxylation is 1. The van der Waals surface area contributed by atoms with Crippen LogP contribution in [0, 0.1) is 12.8 Å². The van der Waals surface area contributed by atoms with Gasteiger partial charge in [0.15, 0.2) is 5.82 Å². The molecule has 13 heteroatoms. The van der Waals surface area contributed by atoms with Crippen LogP contribution < -0.4 is 16.4 Å². The SMILES string of the molecule is CCCCCNc1nc(N)nc2ccn(Cc3ccc(CN4CCN(C(=O)CCOCCNC(=O)C(C)CC(=O)O)CC4)cc3C)c12. The van der Waals surface area contributed by atoms with E-state index in [2.05, 4.69) is 62.1 Å². The van der Waals surface area contributed by atoms with Crippen LogP contribution in [0.4, 0.5) is 11.8 Å². The average molecular weight is 651 g/mol. The van der Waals surface area contributed by atoms with Crippen LogP contribution in [0.25, 0.3) is 11.0 Å². The zero-order valence-corrected chi connectivity index (χ0v) is 28.0. The minimum atomic E-state index is -1.01. The number of rotatable bonds is 18. The number of nitrogens with one attached hydrogen (secondary N) is 2. The van der Waals surface area contributed by atoms with Crippen molar-refractivity contribution >= 4 is 40.6 Å². The summed E-state index contributed by atoms with van der Waals surface area (Å²) >= 11 is 0. The molecule has 5 N–H and O–H groups in total. The Balaban J connectivity index is 1.20. The van der Waals surface area contributed by atoms with E-state index in [9.17, 15) is 14.4 Å². The first-order valence-corrected chi connectivity index (χ1v) is 16.7. The number of unbranched alkanes of at least 4 members (excludes halogenated alkanes) is 2. The molecule has 1 saturated heterocycles. The number of anilines is 2. The minimum absolute atomic E-state index is 0.0638. The van der Waals surface area contributed by atoms with Gasteiger partial charge in [-0.3, -0.25) is 19.3 Å². The number of carbonyl (C=O) groups is 3. The van der Waals surface area contributed by atoms with Gasteiger partial charge in [0.1, 0.15) is 5.52 Å². The number of carboxylic acid groups (broad SMARTS) is 1. The van der Waals surface area contributed by atoms with E-state index in [1.165, 1.54) is 16.7 Å². The molecule has 0 spiro atoms. The predicted octanol–water partition coefficient (Wildman–Crippen LogP) is 3.25. The normalized spacial score (nSPS) is 14.3. The van der Waals surface area contributed by atoms with Gasteiger partial charge in [-0.25, -0.2) is 4.98 Å². The third kappa shape index (κ3) is 10.6. The summed E-state index contributed by atoms with van der Waals surface area (Å²) in [5, 5.41) is 14.9. The molecule has 2 aromatic heterocycles. The fourth-order valence-corrected chi connectivity index (χ4v) is 5.79. The van der Waals surface area contributed by atoms with Crippen molar-refractivity contribution in [2.45, 2.75) is 66.0 Å². The van der Waals surface area contributed by atoms with Crippen LogP contribution >= 0.6 is 0 Å². The molecule has 3 aromatic rings. The number of nitrogens with two attached hydrogens (primary N) is 1. The lowest BCUT2D eigenvalue weighted by Crippen LogP contribution is -2.48. The molecule has 2 amide bonds. The molecule has 1 aliphatic heterocycles. The highest BCUT2D eigenvalue weighted by atomic mass is 16.5. The number of benzene rings is 1. The Morgan fingerprint density at radius 3 is 2.55 bits per heavy atom. The molecule has 13 nitrogen and oxygen atoms in total. The summed E-state index contributed by atoms with van der Waals surface area (Å²) in [5.41, 5.74) is 11.5. The number of nitrogen functional groups attached to an aromatic ring is 1. The molecule has 1 fully saturated rings. The van der Waals surface area contributed by atoms with Gasteiger partial charge in [-0.15, -0.1) is 0 Å². The van der Waals surface area contributed by atoms with Gasteiger partial charge < -0.3 is 35.7 Å². The second-order valence-corrected chi connectivity index (χ2v) is 12.3. The van der Waals surface area contributed by atoms with E-state index in [1.807, 2.05) is 17.2 Å². The summed E-state index contributed by atoms with van der Waals surface area (Å²) in [6.07, 6.45) is 5.52. The van der Waals surface area contributed by atoms with Gasteiger partial charge >= 0.3 is 5.97 Å². The monoisotopic (exact) mass is 650 g/mol. The lowest BCUT2D eigenvalue weighted by Gasteiger charge is -2.35. The standard InChI is InChI=1S/C34H50N8O5/c1-4-5-6-11-36-32-31-28(38-34(35)39-32)9-13-42(31)23-27-8-7-26(20-24(27)2)22-40-14-16-41(17-15-40)29(43)10-18-47-19-12-37-33(46)25(3)21-30(44)45/h7-9,13,20,25H,4-6,10-12,14-19,21-23H2,1-3H3,(H,37,46)(H,44,45)(H3,35,36,38,39). The second kappa shape index (κ2) is 17.6. The van der Waals surface area contributed by atoms with Crippen LogP contribution in [0.3, 0.4) is 0 Å². The molecule has 1 unspecified atom stereocenters. The smallest absolute Gasteiger partial charge is 0.304 e. The lowest BCUT2D eigenvalue weighted by molar-refractivity contribution is -0.140. The fourth-order valence-electron chi connectivity index (χ4n) is 5.79. The van der Waals surface area contributed by atoms with E-state index in [0.717, 1.165) is 62.3 Å². The highest BCUT2D eigenvalue weighted by Crippen LogP contribution is 2.25. The van der Waals surface area contributed by atoms with Crippen molar-refractivity contribution in [3.8, 4) is 0 Å². The predicted molar refractivity (Wildman–Crippen MR) is 182 cm³/mol. The van der Waals surface area contributed by atoms with E-state index in [0.29, 0.717) is 19.6 Å². The minimum Gasteiger partial charge on any atom is -0.481 e. The first kappa shape index (κ1) is 35.6. The van der Waals surface area contributed by atoms with Gasteiger partial charge in [0.2, 0.25) is 17.8 Å². The Bertz CT molecular complexity index is 1500. The molecule has 4 rings (SSSR count). The van der Waals surface area contributed by atoms with Crippen LogP contribution in [0.15, 0.2) is 30.5 Å². The number of fused-ring (bicyclic) bond motifs is 1. The van der Waals surface area contributed by atoms with Crippen LogP contribution in [-0.4, -0.2) is 99.7 Å². The molecule has 0 saturated carbocycles. The number of nitrogens with zero attached hydrogens (tertiary/aromatic N) is 5. The van der Waals surface area contributed by atoms with Crippen molar-refractivity contribution < 1.29 is 24.2 Å². The topological polar surface area (TPSA) is 168 Å². The number of amides is 2. The van der Waals surface area contributed by atoms with Crippen LogP contribution in [0.2, 0.25) is 0 Å². The Labute approximate surface area is 276 Å². The van der Waals surface area contributed by atoms with Gasteiger partial charge in [-0.05, 0) is 36.1 Å². The summed E-state index contributed by atoms with van der Waals surface area (Å²) < 4.78 is 7.69. The summed E-state index contributed by atoms with van der Waals surface area (Å²) in [4.78, 5) is 48.5. The molecule has 1 aromatic carbocycles. The number of aromatic nitrogens is 3. The maximum atomic E-state index is 12.7. The molecule has 0 bridgehead atoms. The van der Waals surface area contributed by atoms with E-state index < -0.39 is 11.9 Å².